The van der Waals surface area contributed by atoms with Crippen LogP contribution in [0, 0.1) is 0 Å². The molecule has 0 N–H and O–H groups in total. The summed E-state index contributed by atoms with van der Waals surface area (Å²) >= 11 is 0. The van der Waals surface area contributed by atoms with E-state index in [9.17, 15) is 4.79 Å². The minimum atomic E-state index is 0.576. The lowest BCUT2D eigenvalue weighted by molar-refractivity contribution is 0.111. The fraction of sp³-hybridized carbons (Fsp3) is 0.500. The Morgan fingerprint density at radius 2 is 2.06 bits per heavy atom. The molecule has 3 heteroatoms. The lowest BCUT2D eigenvalue weighted by atomic mass is 10.1. The molecule has 0 spiro atoms. The van der Waals surface area contributed by atoms with Crippen molar-refractivity contribution in [1.82, 2.24) is 0 Å². The van der Waals surface area contributed by atoms with Crippen LogP contribution in [0.1, 0.15) is 36.2 Å². The smallest absolute Gasteiger partial charge is 0.153 e. The largest absolute Gasteiger partial charge is 0.493 e. The Morgan fingerprint density at radius 1 is 1.24 bits per heavy atom. The van der Waals surface area contributed by atoms with Gasteiger partial charge in [0.2, 0.25) is 0 Å². The second-order valence-electron chi connectivity index (χ2n) is 3.74. The van der Waals surface area contributed by atoms with Gasteiger partial charge in [-0.3, -0.25) is 4.79 Å². The summed E-state index contributed by atoms with van der Waals surface area (Å²) in [5.41, 5.74) is 1.77. The molecule has 0 aromatic heterocycles. The van der Waals surface area contributed by atoms with E-state index in [1.807, 2.05) is 25.1 Å². The van der Waals surface area contributed by atoms with Gasteiger partial charge < -0.3 is 9.47 Å². The summed E-state index contributed by atoms with van der Waals surface area (Å²) in [6.45, 7) is 6.03. The maximum Gasteiger partial charge on any atom is 0.153 e. The maximum atomic E-state index is 10.9. The number of hydrogen-bond acceptors (Lipinski definition) is 3. The van der Waals surface area contributed by atoms with Crippen molar-refractivity contribution in [3.8, 4) is 5.75 Å². The van der Waals surface area contributed by atoms with Gasteiger partial charge in [-0.05, 0) is 31.0 Å². The fourth-order valence-electron chi connectivity index (χ4n) is 1.53. The molecule has 94 valence electrons. The van der Waals surface area contributed by atoms with Crippen LogP contribution in [0.5, 0.6) is 5.75 Å². The highest BCUT2D eigenvalue weighted by Crippen LogP contribution is 2.19. The highest BCUT2D eigenvalue weighted by atomic mass is 16.5. The zero-order valence-corrected chi connectivity index (χ0v) is 10.6. The number of rotatable bonds is 8. The standard InChI is InChI=1S/C14H20O3/c1-3-12-6-7-14(13(10-12)11-15)17-9-5-8-16-4-2/h6-7,10-11H,3-5,8-9H2,1-2H3. The third-order valence-corrected chi connectivity index (χ3v) is 2.50. The van der Waals surface area contributed by atoms with Gasteiger partial charge in [0.15, 0.2) is 6.29 Å². The van der Waals surface area contributed by atoms with Crippen molar-refractivity contribution in [2.75, 3.05) is 19.8 Å². The van der Waals surface area contributed by atoms with Crippen LogP contribution in [0.2, 0.25) is 0 Å². The number of benzene rings is 1. The van der Waals surface area contributed by atoms with Crippen LogP contribution < -0.4 is 4.74 Å². The van der Waals surface area contributed by atoms with E-state index >= 15 is 0 Å². The first kappa shape index (κ1) is 13.7. The first-order valence-electron chi connectivity index (χ1n) is 6.10. The Kier molecular flexibility index (Phi) is 6.33. The third kappa shape index (κ3) is 4.57. The quantitative estimate of drug-likeness (QED) is 0.514. The van der Waals surface area contributed by atoms with Gasteiger partial charge in [0.1, 0.15) is 5.75 Å². The molecular weight excluding hydrogens is 216 g/mol. The van der Waals surface area contributed by atoms with Crippen molar-refractivity contribution in [2.45, 2.75) is 26.7 Å². The Labute approximate surface area is 103 Å². The Hall–Kier alpha value is -1.35. The maximum absolute atomic E-state index is 10.9. The van der Waals surface area contributed by atoms with Crippen molar-refractivity contribution >= 4 is 6.29 Å². The molecule has 17 heavy (non-hydrogen) atoms. The molecule has 3 nitrogen and oxygen atoms in total. The molecule has 0 aliphatic carbocycles. The number of ether oxygens (including phenoxy) is 2. The molecular formula is C14H20O3. The van der Waals surface area contributed by atoms with Crippen molar-refractivity contribution in [1.29, 1.82) is 0 Å². The minimum Gasteiger partial charge on any atom is -0.493 e. The summed E-state index contributed by atoms with van der Waals surface area (Å²) in [5, 5.41) is 0. The summed E-state index contributed by atoms with van der Waals surface area (Å²) in [4.78, 5) is 10.9. The van der Waals surface area contributed by atoms with Gasteiger partial charge in [-0.15, -0.1) is 0 Å². The first-order valence-corrected chi connectivity index (χ1v) is 6.10. The number of carbonyl (C=O) groups excluding carboxylic acids is 1. The molecule has 0 heterocycles. The van der Waals surface area contributed by atoms with E-state index in [1.165, 1.54) is 0 Å². The predicted molar refractivity (Wildman–Crippen MR) is 67.8 cm³/mol. The molecule has 0 amide bonds. The van der Waals surface area contributed by atoms with E-state index < -0.39 is 0 Å². The number of hydrogen-bond donors (Lipinski definition) is 0. The van der Waals surface area contributed by atoms with Gasteiger partial charge in [0, 0.05) is 19.6 Å². The molecule has 1 aromatic carbocycles. The fourth-order valence-corrected chi connectivity index (χ4v) is 1.53. The number of carbonyl (C=O) groups is 1. The van der Waals surface area contributed by atoms with Crippen molar-refractivity contribution in [3.63, 3.8) is 0 Å². The lowest BCUT2D eigenvalue weighted by Crippen LogP contribution is -2.04. The van der Waals surface area contributed by atoms with Crippen molar-refractivity contribution < 1.29 is 14.3 Å². The summed E-state index contributed by atoms with van der Waals surface area (Å²) in [6, 6.07) is 5.74. The van der Waals surface area contributed by atoms with E-state index in [4.69, 9.17) is 9.47 Å². The van der Waals surface area contributed by atoms with Crippen molar-refractivity contribution in [2.24, 2.45) is 0 Å². The number of aldehydes is 1. The molecule has 0 radical (unpaired) electrons. The topological polar surface area (TPSA) is 35.5 Å². The summed E-state index contributed by atoms with van der Waals surface area (Å²) < 4.78 is 10.8. The van der Waals surface area contributed by atoms with Gasteiger partial charge in [-0.25, -0.2) is 0 Å². The minimum absolute atomic E-state index is 0.576. The van der Waals surface area contributed by atoms with Crippen LogP contribution in [0.25, 0.3) is 0 Å². The van der Waals surface area contributed by atoms with Gasteiger partial charge in [-0.1, -0.05) is 13.0 Å². The summed E-state index contributed by atoms with van der Waals surface area (Å²) in [5.74, 6) is 0.661. The zero-order valence-electron chi connectivity index (χ0n) is 10.6. The van der Waals surface area contributed by atoms with E-state index in [0.717, 1.165) is 31.3 Å². The van der Waals surface area contributed by atoms with E-state index in [0.29, 0.717) is 24.5 Å². The van der Waals surface area contributed by atoms with Crippen LogP contribution in [0.3, 0.4) is 0 Å². The molecule has 0 saturated carbocycles. The highest BCUT2D eigenvalue weighted by molar-refractivity contribution is 5.79. The Bertz CT molecular complexity index is 347. The monoisotopic (exact) mass is 236 g/mol. The van der Waals surface area contributed by atoms with Crippen LogP contribution in [0.4, 0.5) is 0 Å². The molecule has 0 saturated heterocycles. The molecule has 0 aliphatic heterocycles. The predicted octanol–water partition coefficient (Wildman–Crippen LogP) is 2.87. The van der Waals surface area contributed by atoms with Gasteiger partial charge >= 0.3 is 0 Å². The molecule has 1 rings (SSSR count). The van der Waals surface area contributed by atoms with Gasteiger partial charge in [0.25, 0.3) is 0 Å². The molecule has 0 aliphatic rings. The van der Waals surface area contributed by atoms with E-state index in [-0.39, 0.29) is 0 Å². The SMILES string of the molecule is CCOCCCOc1ccc(CC)cc1C=O. The van der Waals surface area contributed by atoms with Gasteiger partial charge in [0.05, 0.1) is 12.2 Å². The van der Waals surface area contributed by atoms with E-state index in [2.05, 4.69) is 6.92 Å². The highest BCUT2D eigenvalue weighted by Gasteiger charge is 2.03. The molecule has 1 aromatic rings. The molecule has 0 fully saturated rings. The average Bonchev–Trinajstić information content (AvgIpc) is 2.38. The zero-order chi connectivity index (χ0) is 12.5. The Morgan fingerprint density at radius 3 is 2.71 bits per heavy atom. The Balaban J connectivity index is 2.49. The first-order chi connectivity index (χ1) is 8.31. The summed E-state index contributed by atoms with van der Waals surface area (Å²) in [6.07, 6.45) is 2.60. The molecule has 0 unspecified atom stereocenters. The normalized spacial score (nSPS) is 10.2. The van der Waals surface area contributed by atoms with Gasteiger partial charge in [-0.2, -0.15) is 0 Å². The molecule has 0 atom stereocenters. The van der Waals surface area contributed by atoms with E-state index in [1.54, 1.807) is 0 Å². The number of aryl methyl sites for hydroxylation is 1. The summed E-state index contributed by atoms with van der Waals surface area (Å²) in [7, 11) is 0. The second-order valence-corrected chi connectivity index (χ2v) is 3.74. The molecule has 0 bridgehead atoms. The average molecular weight is 236 g/mol. The van der Waals surface area contributed by atoms with Crippen LogP contribution in [-0.4, -0.2) is 26.1 Å². The van der Waals surface area contributed by atoms with Crippen LogP contribution >= 0.6 is 0 Å². The third-order valence-electron chi connectivity index (χ3n) is 2.50. The second kappa shape index (κ2) is 7.85. The van der Waals surface area contributed by atoms with Crippen LogP contribution in [0.15, 0.2) is 18.2 Å². The van der Waals surface area contributed by atoms with Crippen molar-refractivity contribution in [3.05, 3.63) is 29.3 Å². The lowest BCUT2D eigenvalue weighted by Gasteiger charge is -2.09. The van der Waals surface area contributed by atoms with Crippen LogP contribution in [-0.2, 0) is 11.2 Å².